The Hall–Kier alpha value is -1.89. The van der Waals surface area contributed by atoms with E-state index >= 15 is 0 Å². The number of rotatable bonds is 34. The van der Waals surface area contributed by atoms with Crippen LogP contribution >= 0.6 is 0 Å². The van der Waals surface area contributed by atoms with Gasteiger partial charge in [-0.15, -0.1) is 0 Å². The summed E-state index contributed by atoms with van der Waals surface area (Å²) in [5.41, 5.74) is 0. The minimum absolute atomic E-state index is 0.171. The first kappa shape index (κ1) is 41.1. The lowest BCUT2D eigenvalue weighted by Gasteiger charge is -2.39. The van der Waals surface area contributed by atoms with Gasteiger partial charge in [-0.3, -0.25) is 14.4 Å². The summed E-state index contributed by atoms with van der Waals surface area (Å²) in [5.74, 6) is -2.31. The van der Waals surface area contributed by atoms with Crippen LogP contribution in [0.25, 0.3) is 0 Å². The van der Waals surface area contributed by atoms with E-state index in [0.29, 0.717) is 19.3 Å². The van der Waals surface area contributed by atoms with Gasteiger partial charge in [0.15, 0.2) is 0 Å². The third-order valence-electron chi connectivity index (χ3n) is 8.71. The SMILES string of the molecule is CCCCCCCCCCCCC/C=C/CCCCCC[N+](CCCCC(=O)O)(CCCCC(=O)O)CCCCC(=O)O. The molecule has 0 saturated heterocycles. The number of carbonyl (C=O) groups is 3. The molecule has 0 aromatic rings. The first-order valence-electron chi connectivity index (χ1n) is 18.0. The molecule has 7 heteroatoms. The molecule has 0 aliphatic carbocycles. The lowest BCUT2D eigenvalue weighted by molar-refractivity contribution is -0.929. The van der Waals surface area contributed by atoms with Gasteiger partial charge in [0.1, 0.15) is 0 Å². The van der Waals surface area contributed by atoms with Gasteiger partial charge >= 0.3 is 17.9 Å². The Morgan fingerprint density at radius 1 is 0.419 bits per heavy atom. The molecule has 0 heterocycles. The Kier molecular flexibility index (Phi) is 28.8. The minimum Gasteiger partial charge on any atom is -0.481 e. The molecule has 0 rings (SSSR count). The van der Waals surface area contributed by atoms with Crippen LogP contribution in [0, 0.1) is 0 Å². The predicted octanol–water partition coefficient (Wildman–Crippen LogP) is 9.78. The lowest BCUT2D eigenvalue weighted by Crippen LogP contribution is -2.51. The summed E-state index contributed by atoms with van der Waals surface area (Å²) in [6, 6.07) is 0. The summed E-state index contributed by atoms with van der Waals surface area (Å²) in [4.78, 5) is 33.0. The third-order valence-corrected chi connectivity index (χ3v) is 8.71. The lowest BCUT2D eigenvalue weighted by atomic mass is 10.0. The van der Waals surface area contributed by atoms with Crippen molar-refractivity contribution < 1.29 is 34.2 Å². The number of allylic oxidation sites excluding steroid dienone is 2. The number of hydrogen-bond donors (Lipinski definition) is 3. The summed E-state index contributed by atoms with van der Waals surface area (Å²) in [6.45, 7) is 5.93. The largest absolute Gasteiger partial charge is 0.481 e. The monoisotopic (exact) mass is 611 g/mol. The molecule has 3 N–H and O–H groups in total. The molecule has 0 saturated carbocycles. The fourth-order valence-electron chi connectivity index (χ4n) is 6.07. The van der Waals surface area contributed by atoms with E-state index in [1.807, 2.05) is 0 Å². The number of carboxylic acid groups (broad SMARTS) is 3. The molecule has 0 fully saturated rings. The van der Waals surface area contributed by atoms with E-state index in [4.69, 9.17) is 15.3 Å². The highest BCUT2D eigenvalue weighted by Gasteiger charge is 2.26. The molecule has 252 valence electrons. The Bertz CT molecular complexity index is 653. The van der Waals surface area contributed by atoms with Crippen LogP contribution in [0.5, 0.6) is 0 Å². The molecule has 0 spiro atoms. The van der Waals surface area contributed by atoms with Gasteiger partial charge in [-0.25, -0.2) is 0 Å². The second-order valence-corrected chi connectivity index (χ2v) is 12.8. The molecule has 0 bridgehead atoms. The van der Waals surface area contributed by atoms with Crippen molar-refractivity contribution >= 4 is 17.9 Å². The number of hydrogen-bond acceptors (Lipinski definition) is 3. The zero-order chi connectivity index (χ0) is 31.9. The minimum atomic E-state index is -0.770. The van der Waals surface area contributed by atoms with E-state index in [0.717, 1.165) is 69.2 Å². The van der Waals surface area contributed by atoms with E-state index in [-0.39, 0.29) is 19.3 Å². The fourth-order valence-corrected chi connectivity index (χ4v) is 6.07. The van der Waals surface area contributed by atoms with Crippen LogP contribution < -0.4 is 0 Å². The molecule has 0 aromatic carbocycles. The maximum absolute atomic E-state index is 11.0. The average Bonchev–Trinajstić information content (AvgIpc) is 2.96. The van der Waals surface area contributed by atoms with Crippen molar-refractivity contribution in [2.45, 2.75) is 174 Å². The summed E-state index contributed by atoms with van der Waals surface area (Å²) < 4.78 is 0.859. The van der Waals surface area contributed by atoms with Crippen molar-refractivity contribution in [1.82, 2.24) is 0 Å². The third kappa shape index (κ3) is 29.9. The smallest absolute Gasteiger partial charge is 0.303 e. The number of carboxylic acids is 3. The van der Waals surface area contributed by atoms with Crippen LogP contribution in [0.3, 0.4) is 0 Å². The quantitative estimate of drug-likeness (QED) is 0.0380. The van der Waals surface area contributed by atoms with Crippen LogP contribution in [-0.2, 0) is 14.4 Å². The van der Waals surface area contributed by atoms with Crippen LogP contribution in [0.15, 0.2) is 12.2 Å². The number of unbranched alkanes of at least 4 members (excludes halogenated alkanes) is 18. The van der Waals surface area contributed by atoms with Gasteiger partial charge in [-0.2, -0.15) is 0 Å². The van der Waals surface area contributed by atoms with Gasteiger partial charge in [-0.1, -0.05) is 89.7 Å². The van der Waals surface area contributed by atoms with Gasteiger partial charge < -0.3 is 19.8 Å². The first-order valence-corrected chi connectivity index (χ1v) is 18.0. The van der Waals surface area contributed by atoms with Crippen molar-refractivity contribution in [1.29, 1.82) is 0 Å². The zero-order valence-corrected chi connectivity index (χ0v) is 27.9. The fraction of sp³-hybridized carbons (Fsp3) is 0.861. The summed E-state index contributed by atoms with van der Waals surface area (Å²) in [5, 5.41) is 27.2. The number of nitrogens with zero attached hydrogens (tertiary/aromatic N) is 1. The van der Waals surface area contributed by atoms with Gasteiger partial charge in [0.2, 0.25) is 0 Å². The molecular weight excluding hydrogens is 542 g/mol. The normalized spacial score (nSPS) is 11.8. The second kappa shape index (κ2) is 30.1. The van der Waals surface area contributed by atoms with Gasteiger partial charge in [0, 0.05) is 19.3 Å². The van der Waals surface area contributed by atoms with Crippen LogP contribution in [0.4, 0.5) is 0 Å². The second-order valence-electron chi connectivity index (χ2n) is 12.8. The Labute approximate surface area is 264 Å². The maximum Gasteiger partial charge on any atom is 0.303 e. The summed E-state index contributed by atoms with van der Waals surface area (Å²) >= 11 is 0. The molecule has 0 aromatic heterocycles. The van der Waals surface area contributed by atoms with Crippen LogP contribution in [0.2, 0.25) is 0 Å². The predicted molar refractivity (Wildman–Crippen MR) is 177 cm³/mol. The molecule has 0 radical (unpaired) electrons. The van der Waals surface area contributed by atoms with E-state index in [1.165, 1.54) is 89.9 Å². The van der Waals surface area contributed by atoms with E-state index in [9.17, 15) is 14.4 Å². The van der Waals surface area contributed by atoms with Crippen molar-refractivity contribution in [3.63, 3.8) is 0 Å². The van der Waals surface area contributed by atoms with Crippen molar-refractivity contribution in [3.8, 4) is 0 Å². The molecule has 0 atom stereocenters. The number of aliphatic carboxylic acids is 3. The van der Waals surface area contributed by atoms with Crippen molar-refractivity contribution in [2.75, 3.05) is 26.2 Å². The average molecular weight is 611 g/mol. The molecule has 43 heavy (non-hydrogen) atoms. The summed E-state index contributed by atoms with van der Waals surface area (Å²) in [6.07, 6.45) is 31.8. The van der Waals surface area contributed by atoms with Gasteiger partial charge in [0.25, 0.3) is 0 Å². The Balaban J connectivity index is 4.33. The van der Waals surface area contributed by atoms with E-state index < -0.39 is 17.9 Å². The highest BCUT2D eigenvalue weighted by atomic mass is 16.4. The van der Waals surface area contributed by atoms with E-state index in [1.54, 1.807) is 0 Å². The molecule has 0 aliphatic rings. The van der Waals surface area contributed by atoms with Gasteiger partial charge in [-0.05, 0) is 77.0 Å². The molecule has 0 unspecified atom stereocenters. The molecular formula is C36H68NO6+. The van der Waals surface area contributed by atoms with Gasteiger partial charge in [0.05, 0.1) is 26.2 Å². The molecule has 0 amide bonds. The zero-order valence-electron chi connectivity index (χ0n) is 27.9. The van der Waals surface area contributed by atoms with E-state index in [2.05, 4.69) is 19.1 Å². The summed E-state index contributed by atoms with van der Waals surface area (Å²) in [7, 11) is 0. The van der Waals surface area contributed by atoms with Crippen molar-refractivity contribution in [3.05, 3.63) is 12.2 Å². The highest BCUT2D eigenvalue weighted by molar-refractivity contribution is 5.67. The highest BCUT2D eigenvalue weighted by Crippen LogP contribution is 2.19. The molecule has 7 nitrogen and oxygen atoms in total. The maximum atomic E-state index is 11.0. The topological polar surface area (TPSA) is 112 Å². The molecule has 0 aliphatic heterocycles. The Morgan fingerprint density at radius 3 is 1.02 bits per heavy atom. The van der Waals surface area contributed by atoms with Crippen molar-refractivity contribution in [2.24, 2.45) is 0 Å². The first-order chi connectivity index (χ1) is 20.8. The Morgan fingerprint density at radius 2 is 0.698 bits per heavy atom. The van der Waals surface area contributed by atoms with Crippen LogP contribution in [0.1, 0.15) is 174 Å². The standard InChI is InChI=1S/C36H67NO6/c1-2-3-4-5-6-7-8-9-10-11-12-13-14-15-16-17-18-19-23-30-37(31-24-20-27-34(38)39,32-25-21-28-35(40)41)33-26-22-29-36(42)43/h14-15H,2-13,16-33H2,1H3,(H2-,38,39,40,41,42,43)/p+1/b15-14+. The number of quaternary nitrogens is 1. The van der Waals surface area contributed by atoms with Crippen LogP contribution in [-0.4, -0.2) is 63.9 Å².